The minimum Gasteiger partial charge on any atom is -0.465 e. The van der Waals surface area contributed by atoms with Gasteiger partial charge in [0.2, 0.25) is 5.91 Å². The number of amides is 1. The summed E-state index contributed by atoms with van der Waals surface area (Å²) in [4.78, 5) is 29.4. The summed E-state index contributed by atoms with van der Waals surface area (Å²) < 4.78 is 4.77. The van der Waals surface area contributed by atoms with Crippen LogP contribution in [0, 0.1) is 0 Å². The number of rotatable bonds is 6. The van der Waals surface area contributed by atoms with Crippen molar-refractivity contribution in [3.63, 3.8) is 0 Å². The lowest BCUT2D eigenvalue weighted by Crippen LogP contribution is -2.58. The molecule has 0 bridgehead atoms. The monoisotopic (exact) mass is 456 g/mol. The van der Waals surface area contributed by atoms with Crippen molar-refractivity contribution in [2.45, 2.75) is 38.9 Å². The number of carbonyl (C=O) groups excluding carboxylic acids is 2. The highest BCUT2D eigenvalue weighted by Crippen LogP contribution is 2.23. The van der Waals surface area contributed by atoms with Gasteiger partial charge in [0, 0.05) is 31.7 Å². The van der Waals surface area contributed by atoms with E-state index >= 15 is 0 Å². The van der Waals surface area contributed by atoms with Gasteiger partial charge in [0.1, 0.15) is 0 Å². The quantitative estimate of drug-likeness (QED) is 0.500. The highest BCUT2D eigenvalue weighted by atomic mass is 16.5. The standard InChI is InChI=1S/C29H32N2O3/c1-21-18-30(20-23-12-14-26(15-13-23)29(33)34-3)19-22(2)31(21)28(32)17-24-8-7-11-27(16-24)25-9-5-4-6-10-25/h4-16,21-22H,17-20H2,1-3H3/t21-,22+. The largest absolute Gasteiger partial charge is 0.465 e. The smallest absolute Gasteiger partial charge is 0.337 e. The number of benzene rings is 3. The first kappa shape index (κ1) is 23.7. The molecule has 2 atom stereocenters. The van der Waals surface area contributed by atoms with E-state index in [1.165, 1.54) is 7.11 Å². The number of nitrogens with zero attached hydrogens (tertiary/aromatic N) is 2. The van der Waals surface area contributed by atoms with Crippen LogP contribution in [0.1, 0.15) is 35.3 Å². The lowest BCUT2D eigenvalue weighted by molar-refractivity contribution is -0.138. The van der Waals surface area contributed by atoms with Gasteiger partial charge in [-0.1, -0.05) is 66.7 Å². The maximum absolute atomic E-state index is 13.3. The Morgan fingerprint density at radius 3 is 2.12 bits per heavy atom. The SMILES string of the molecule is COC(=O)c1ccc(CN2C[C@@H](C)N(C(=O)Cc3cccc(-c4ccccc4)c3)[C@@H](C)C2)cc1. The fourth-order valence-electron chi connectivity index (χ4n) is 4.93. The molecule has 0 N–H and O–H groups in total. The average molecular weight is 457 g/mol. The van der Waals surface area contributed by atoms with Gasteiger partial charge >= 0.3 is 5.97 Å². The van der Waals surface area contributed by atoms with E-state index in [-0.39, 0.29) is 24.0 Å². The van der Waals surface area contributed by atoms with Gasteiger partial charge in [0.25, 0.3) is 0 Å². The van der Waals surface area contributed by atoms with E-state index in [1.54, 1.807) is 12.1 Å². The maximum atomic E-state index is 13.3. The van der Waals surface area contributed by atoms with Gasteiger partial charge in [0.15, 0.2) is 0 Å². The van der Waals surface area contributed by atoms with Crippen LogP contribution in [0.4, 0.5) is 0 Å². The third kappa shape index (κ3) is 5.54. The summed E-state index contributed by atoms with van der Waals surface area (Å²) in [6.07, 6.45) is 0.407. The number of hydrogen-bond acceptors (Lipinski definition) is 4. The maximum Gasteiger partial charge on any atom is 0.337 e. The van der Waals surface area contributed by atoms with E-state index in [1.807, 2.05) is 47.4 Å². The summed E-state index contributed by atoms with van der Waals surface area (Å²) in [6.45, 7) is 6.68. The zero-order chi connectivity index (χ0) is 24.1. The number of esters is 1. The molecule has 0 radical (unpaired) electrons. The number of piperazine rings is 1. The molecule has 1 saturated heterocycles. The number of ether oxygens (including phenoxy) is 1. The van der Waals surface area contributed by atoms with Crippen LogP contribution in [0.15, 0.2) is 78.9 Å². The Bertz CT molecular complexity index is 1120. The molecule has 3 aromatic carbocycles. The van der Waals surface area contributed by atoms with Crippen LogP contribution in [0.2, 0.25) is 0 Å². The highest BCUT2D eigenvalue weighted by Gasteiger charge is 2.32. The van der Waals surface area contributed by atoms with Crippen molar-refractivity contribution < 1.29 is 14.3 Å². The van der Waals surface area contributed by atoms with Crippen LogP contribution in [-0.4, -0.2) is 54.0 Å². The molecule has 5 nitrogen and oxygen atoms in total. The van der Waals surface area contributed by atoms with Crippen molar-refractivity contribution in [2.75, 3.05) is 20.2 Å². The van der Waals surface area contributed by atoms with Crippen molar-refractivity contribution in [1.82, 2.24) is 9.80 Å². The van der Waals surface area contributed by atoms with E-state index in [4.69, 9.17) is 4.74 Å². The molecule has 1 amide bonds. The van der Waals surface area contributed by atoms with Crippen molar-refractivity contribution in [3.8, 4) is 11.1 Å². The Hall–Kier alpha value is -3.44. The highest BCUT2D eigenvalue weighted by molar-refractivity contribution is 5.89. The zero-order valence-corrected chi connectivity index (χ0v) is 20.1. The molecule has 1 fully saturated rings. The third-order valence-electron chi connectivity index (χ3n) is 6.45. The molecule has 1 aliphatic heterocycles. The lowest BCUT2D eigenvalue weighted by atomic mass is 10.00. The molecule has 4 rings (SSSR count). The summed E-state index contributed by atoms with van der Waals surface area (Å²) in [7, 11) is 1.39. The fourth-order valence-corrected chi connectivity index (χ4v) is 4.93. The number of methoxy groups -OCH3 is 1. The first-order valence-electron chi connectivity index (χ1n) is 11.8. The van der Waals surface area contributed by atoms with E-state index in [9.17, 15) is 9.59 Å². The summed E-state index contributed by atoms with van der Waals surface area (Å²) in [5, 5.41) is 0. The summed E-state index contributed by atoms with van der Waals surface area (Å²) >= 11 is 0. The molecule has 0 aromatic heterocycles. The Labute approximate surface area is 202 Å². The number of carbonyl (C=O) groups is 2. The lowest BCUT2D eigenvalue weighted by Gasteiger charge is -2.44. The predicted molar refractivity (Wildman–Crippen MR) is 134 cm³/mol. The summed E-state index contributed by atoms with van der Waals surface area (Å²) in [6, 6.07) is 26.3. The number of hydrogen-bond donors (Lipinski definition) is 0. The molecule has 0 saturated carbocycles. The summed E-state index contributed by atoms with van der Waals surface area (Å²) in [5.41, 5.74) is 5.03. The second-order valence-electron chi connectivity index (χ2n) is 9.12. The molecule has 34 heavy (non-hydrogen) atoms. The van der Waals surface area contributed by atoms with Crippen molar-refractivity contribution in [1.29, 1.82) is 0 Å². The Morgan fingerprint density at radius 2 is 1.47 bits per heavy atom. The molecule has 0 unspecified atom stereocenters. The molecule has 1 heterocycles. The molecule has 1 aliphatic rings. The fraction of sp³-hybridized carbons (Fsp3) is 0.310. The molecule has 3 aromatic rings. The second-order valence-corrected chi connectivity index (χ2v) is 9.12. The zero-order valence-electron chi connectivity index (χ0n) is 20.1. The van der Waals surface area contributed by atoms with Crippen molar-refractivity contribution in [3.05, 3.63) is 95.6 Å². The van der Waals surface area contributed by atoms with E-state index in [0.717, 1.165) is 41.9 Å². The minimum absolute atomic E-state index is 0.128. The topological polar surface area (TPSA) is 49.9 Å². The van der Waals surface area contributed by atoms with Gasteiger partial charge in [-0.2, -0.15) is 0 Å². The summed E-state index contributed by atoms with van der Waals surface area (Å²) in [5.74, 6) is -0.150. The van der Waals surface area contributed by atoms with Crippen LogP contribution < -0.4 is 0 Å². The van der Waals surface area contributed by atoms with Crippen LogP contribution in [0.25, 0.3) is 11.1 Å². The van der Waals surface area contributed by atoms with E-state index in [2.05, 4.69) is 43.0 Å². The van der Waals surface area contributed by atoms with Gasteiger partial charge in [-0.05, 0) is 48.2 Å². The molecule has 5 heteroatoms. The van der Waals surface area contributed by atoms with E-state index in [0.29, 0.717) is 12.0 Å². The van der Waals surface area contributed by atoms with Gasteiger partial charge in [-0.3, -0.25) is 9.69 Å². The predicted octanol–water partition coefficient (Wildman–Crippen LogP) is 4.80. The Balaban J connectivity index is 1.38. The van der Waals surface area contributed by atoms with Gasteiger partial charge in [-0.15, -0.1) is 0 Å². The molecule has 176 valence electrons. The third-order valence-corrected chi connectivity index (χ3v) is 6.45. The first-order valence-corrected chi connectivity index (χ1v) is 11.8. The Kier molecular flexibility index (Phi) is 7.43. The first-order chi connectivity index (χ1) is 16.4. The molecular formula is C29H32N2O3. The van der Waals surface area contributed by atoms with Gasteiger partial charge < -0.3 is 9.64 Å². The van der Waals surface area contributed by atoms with Crippen LogP contribution in [-0.2, 0) is 22.5 Å². The van der Waals surface area contributed by atoms with Gasteiger partial charge in [0.05, 0.1) is 19.1 Å². The molecular weight excluding hydrogens is 424 g/mol. The second kappa shape index (κ2) is 10.7. The Morgan fingerprint density at radius 1 is 0.824 bits per heavy atom. The molecule has 0 spiro atoms. The normalized spacial score (nSPS) is 18.5. The minimum atomic E-state index is -0.324. The molecule has 0 aliphatic carbocycles. The van der Waals surface area contributed by atoms with Crippen LogP contribution in [0.3, 0.4) is 0 Å². The van der Waals surface area contributed by atoms with E-state index < -0.39 is 0 Å². The van der Waals surface area contributed by atoms with Crippen molar-refractivity contribution in [2.24, 2.45) is 0 Å². The van der Waals surface area contributed by atoms with Gasteiger partial charge in [-0.25, -0.2) is 4.79 Å². The van der Waals surface area contributed by atoms with Crippen molar-refractivity contribution >= 4 is 11.9 Å². The van der Waals surface area contributed by atoms with Crippen LogP contribution >= 0.6 is 0 Å². The average Bonchev–Trinajstić information content (AvgIpc) is 2.84. The van der Waals surface area contributed by atoms with Crippen LogP contribution in [0.5, 0.6) is 0 Å².